The predicted octanol–water partition coefficient (Wildman–Crippen LogP) is 2.53. The smallest absolute Gasteiger partial charge is 0.258 e. The molecule has 0 unspecified atom stereocenters. The van der Waals surface area contributed by atoms with E-state index in [0.29, 0.717) is 5.69 Å². The fraction of sp³-hybridized carbons (Fsp3) is 0.235. The van der Waals surface area contributed by atoms with E-state index in [1.54, 1.807) is 19.0 Å². The Labute approximate surface area is 151 Å². The molecule has 0 aliphatic heterocycles. The Kier molecular flexibility index (Phi) is 5.62. The number of carbonyl (C=O) groups excluding carboxylic acids is 1. The lowest BCUT2D eigenvalue weighted by molar-refractivity contribution is 0.102. The maximum atomic E-state index is 13.8. The van der Waals surface area contributed by atoms with Gasteiger partial charge in [-0.05, 0) is 36.4 Å². The summed E-state index contributed by atoms with van der Waals surface area (Å²) < 4.78 is 52.8. The molecule has 140 valence electrons. The van der Waals surface area contributed by atoms with Gasteiger partial charge in [-0.25, -0.2) is 21.5 Å². The monoisotopic (exact) mass is 383 g/mol. The van der Waals surface area contributed by atoms with Gasteiger partial charge in [0, 0.05) is 28.2 Å². The number of carbonyl (C=O) groups is 1. The molecule has 0 atom stereocenters. The number of sulfonamides is 1. The topological polar surface area (TPSA) is 69.7 Å². The highest BCUT2D eigenvalue weighted by atomic mass is 32.2. The zero-order chi connectivity index (χ0) is 19.6. The second-order valence-corrected chi connectivity index (χ2v) is 8.09. The summed E-state index contributed by atoms with van der Waals surface area (Å²) in [7, 11) is 2.45. The summed E-state index contributed by atoms with van der Waals surface area (Å²) in [6, 6.07) is 6.74. The summed E-state index contributed by atoms with van der Waals surface area (Å²) in [5.41, 5.74) is 0.190. The Balaban J connectivity index is 2.50. The molecule has 0 bridgehead atoms. The van der Waals surface area contributed by atoms with E-state index in [1.807, 2.05) is 0 Å². The van der Waals surface area contributed by atoms with E-state index in [-0.39, 0.29) is 10.6 Å². The fourth-order valence-electron chi connectivity index (χ4n) is 2.24. The molecule has 0 saturated heterocycles. The molecular weight excluding hydrogens is 364 g/mol. The lowest BCUT2D eigenvalue weighted by atomic mass is 10.1. The van der Waals surface area contributed by atoms with Crippen LogP contribution in [-0.4, -0.2) is 46.8 Å². The fourth-order valence-corrected chi connectivity index (χ4v) is 3.17. The number of nitrogens with zero attached hydrogens (tertiary/aromatic N) is 2. The van der Waals surface area contributed by atoms with Gasteiger partial charge in [0.15, 0.2) is 0 Å². The highest BCUT2D eigenvalue weighted by molar-refractivity contribution is 7.89. The molecule has 0 fully saturated rings. The molecule has 0 aliphatic rings. The average Bonchev–Trinajstić information content (AvgIpc) is 2.56. The third-order valence-electron chi connectivity index (χ3n) is 3.65. The largest absolute Gasteiger partial charge is 0.376 e. The second-order valence-electron chi connectivity index (χ2n) is 5.94. The lowest BCUT2D eigenvalue weighted by Crippen LogP contribution is -2.23. The van der Waals surface area contributed by atoms with Crippen LogP contribution < -0.4 is 10.2 Å². The van der Waals surface area contributed by atoms with Gasteiger partial charge in [-0.1, -0.05) is 0 Å². The third kappa shape index (κ3) is 4.00. The van der Waals surface area contributed by atoms with E-state index >= 15 is 0 Å². The summed E-state index contributed by atoms with van der Waals surface area (Å²) in [6.07, 6.45) is 0. The zero-order valence-corrected chi connectivity index (χ0v) is 15.6. The maximum absolute atomic E-state index is 13.8. The number of rotatable bonds is 5. The first-order chi connectivity index (χ1) is 12.0. The van der Waals surface area contributed by atoms with Crippen LogP contribution in [0.15, 0.2) is 41.3 Å². The minimum Gasteiger partial charge on any atom is -0.376 e. The van der Waals surface area contributed by atoms with Crippen LogP contribution in [0.1, 0.15) is 10.4 Å². The van der Waals surface area contributed by atoms with E-state index in [4.69, 9.17) is 0 Å². The van der Waals surface area contributed by atoms with Crippen molar-refractivity contribution in [2.75, 3.05) is 38.4 Å². The SMILES string of the molecule is CN(C)c1ccc(S(=O)(=O)N(C)C)cc1NC(=O)c1cc(F)ccc1F. The van der Waals surface area contributed by atoms with Crippen molar-refractivity contribution in [3.63, 3.8) is 0 Å². The molecule has 0 radical (unpaired) electrons. The number of nitrogens with one attached hydrogen (secondary N) is 1. The van der Waals surface area contributed by atoms with Crippen molar-refractivity contribution < 1.29 is 22.0 Å². The molecule has 26 heavy (non-hydrogen) atoms. The van der Waals surface area contributed by atoms with Crippen LogP contribution in [0.3, 0.4) is 0 Å². The molecule has 1 N–H and O–H groups in total. The van der Waals surface area contributed by atoms with E-state index in [0.717, 1.165) is 22.5 Å². The summed E-state index contributed by atoms with van der Waals surface area (Å²) in [4.78, 5) is 14.0. The molecule has 2 rings (SSSR count). The van der Waals surface area contributed by atoms with E-state index in [9.17, 15) is 22.0 Å². The van der Waals surface area contributed by atoms with Gasteiger partial charge in [-0.2, -0.15) is 0 Å². The molecular formula is C17H19F2N3O3S. The standard InChI is InChI=1S/C17H19F2N3O3S/c1-21(2)16-8-6-12(26(24,25)22(3)4)10-15(16)20-17(23)13-9-11(18)5-7-14(13)19/h5-10H,1-4H3,(H,20,23). The van der Waals surface area contributed by atoms with E-state index in [2.05, 4.69) is 5.32 Å². The molecule has 2 aromatic rings. The van der Waals surface area contributed by atoms with Gasteiger partial charge in [-0.15, -0.1) is 0 Å². The Hall–Kier alpha value is -2.52. The Morgan fingerprint density at radius 1 is 1.00 bits per heavy atom. The molecule has 6 nitrogen and oxygen atoms in total. The second kappa shape index (κ2) is 7.38. The number of anilines is 2. The first kappa shape index (κ1) is 19.8. The molecule has 9 heteroatoms. The van der Waals surface area contributed by atoms with Crippen LogP contribution in [0.5, 0.6) is 0 Å². The van der Waals surface area contributed by atoms with Gasteiger partial charge in [0.25, 0.3) is 5.91 Å². The Morgan fingerprint density at radius 3 is 2.23 bits per heavy atom. The molecule has 0 spiro atoms. The molecule has 0 aliphatic carbocycles. The highest BCUT2D eigenvalue weighted by Gasteiger charge is 2.21. The molecule has 2 aromatic carbocycles. The number of hydrogen-bond donors (Lipinski definition) is 1. The van der Waals surface area contributed by atoms with Crippen molar-refractivity contribution in [1.29, 1.82) is 0 Å². The van der Waals surface area contributed by atoms with Gasteiger partial charge in [0.1, 0.15) is 11.6 Å². The van der Waals surface area contributed by atoms with Crippen molar-refractivity contribution in [1.82, 2.24) is 4.31 Å². The van der Waals surface area contributed by atoms with Gasteiger partial charge >= 0.3 is 0 Å². The first-order valence-electron chi connectivity index (χ1n) is 7.54. The van der Waals surface area contributed by atoms with Gasteiger partial charge in [0.05, 0.1) is 21.8 Å². The number of benzene rings is 2. The molecule has 0 aromatic heterocycles. The first-order valence-corrected chi connectivity index (χ1v) is 8.98. The van der Waals surface area contributed by atoms with E-state index in [1.165, 1.54) is 32.3 Å². The van der Waals surface area contributed by atoms with Crippen LogP contribution in [0.4, 0.5) is 20.2 Å². The quantitative estimate of drug-likeness (QED) is 0.862. The number of hydrogen-bond acceptors (Lipinski definition) is 4. The summed E-state index contributed by atoms with van der Waals surface area (Å²) in [5.74, 6) is -2.52. The minimum absolute atomic E-state index is 0.0388. The van der Waals surface area contributed by atoms with Gasteiger partial charge in [0.2, 0.25) is 10.0 Å². The Bertz CT molecular complexity index is 944. The number of amides is 1. The highest BCUT2D eigenvalue weighted by Crippen LogP contribution is 2.29. The maximum Gasteiger partial charge on any atom is 0.258 e. The molecule has 0 saturated carbocycles. The van der Waals surface area contributed by atoms with Crippen LogP contribution in [-0.2, 0) is 10.0 Å². The molecule has 0 heterocycles. The number of halogens is 2. The van der Waals surface area contributed by atoms with Crippen LogP contribution in [0.2, 0.25) is 0 Å². The van der Waals surface area contributed by atoms with E-state index < -0.39 is 33.1 Å². The summed E-state index contributed by atoms with van der Waals surface area (Å²) in [5, 5.41) is 2.46. The minimum atomic E-state index is -3.73. The van der Waals surface area contributed by atoms with Crippen molar-refractivity contribution in [3.05, 3.63) is 53.6 Å². The predicted molar refractivity (Wildman–Crippen MR) is 96.0 cm³/mol. The van der Waals surface area contributed by atoms with Crippen molar-refractivity contribution >= 4 is 27.3 Å². The summed E-state index contributed by atoms with van der Waals surface area (Å²) >= 11 is 0. The average molecular weight is 383 g/mol. The van der Waals surface area contributed by atoms with Crippen LogP contribution in [0.25, 0.3) is 0 Å². The third-order valence-corrected chi connectivity index (χ3v) is 5.46. The van der Waals surface area contributed by atoms with Gasteiger partial charge < -0.3 is 10.2 Å². The molecule has 1 amide bonds. The normalized spacial score (nSPS) is 11.5. The zero-order valence-electron chi connectivity index (χ0n) is 14.7. The van der Waals surface area contributed by atoms with Crippen LogP contribution in [0, 0.1) is 11.6 Å². The van der Waals surface area contributed by atoms with Crippen LogP contribution >= 0.6 is 0 Å². The van der Waals surface area contributed by atoms with Crippen molar-refractivity contribution in [3.8, 4) is 0 Å². The van der Waals surface area contributed by atoms with Crippen molar-refractivity contribution in [2.24, 2.45) is 0 Å². The lowest BCUT2D eigenvalue weighted by Gasteiger charge is -2.20. The van der Waals surface area contributed by atoms with Gasteiger partial charge in [-0.3, -0.25) is 4.79 Å². The summed E-state index contributed by atoms with van der Waals surface area (Å²) in [6.45, 7) is 0. The van der Waals surface area contributed by atoms with Crippen molar-refractivity contribution in [2.45, 2.75) is 4.90 Å². The Morgan fingerprint density at radius 2 is 1.65 bits per heavy atom.